The van der Waals surface area contributed by atoms with E-state index in [1.165, 1.54) is 50.0 Å². The van der Waals surface area contributed by atoms with Crippen molar-refractivity contribution < 1.29 is 0 Å². The number of hydrogen-bond acceptors (Lipinski definition) is 3. The molecule has 1 N–H and O–H groups in total. The van der Waals surface area contributed by atoms with Crippen LogP contribution in [0.5, 0.6) is 0 Å². The molecule has 0 bridgehead atoms. The monoisotopic (exact) mass is 281 g/mol. The number of imidazole rings is 1. The molecule has 1 fully saturated rings. The molecule has 1 aromatic heterocycles. The summed E-state index contributed by atoms with van der Waals surface area (Å²) in [4.78, 5) is 4.36. The first kappa shape index (κ1) is 14.9. The highest BCUT2D eigenvalue weighted by atomic mass is 32.2. The van der Waals surface area contributed by atoms with Gasteiger partial charge in [0.05, 0.1) is 6.33 Å². The summed E-state index contributed by atoms with van der Waals surface area (Å²) in [6.45, 7) is 3.47. The standard InChI is InChI=1S/C15H27N3S/c1-19-11-5-3-2-4-10-18-13-17-12-15(18)14-6-8-16-9-7-14/h12-14,16H,2-11H2,1H3. The van der Waals surface area contributed by atoms with Crippen molar-refractivity contribution in [1.29, 1.82) is 0 Å². The van der Waals surface area contributed by atoms with E-state index in [-0.39, 0.29) is 0 Å². The van der Waals surface area contributed by atoms with Crippen molar-refractivity contribution >= 4 is 11.8 Å². The van der Waals surface area contributed by atoms with Crippen LogP contribution < -0.4 is 5.32 Å². The molecule has 0 radical (unpaired) electrons. The van der Waals surface area contributed by atoms with Crippen LogP contribution in [0.1, 0.15) is 50.1 Å². The summed E-state index contributed by atoms with van der Waals surface area (Å²) >= 11 is 1.96. The normalized spacial score (nSPS) is 16.9. The molecule has 0 spiro atoms. The maximum Gasteiger partial charge on any atom is 0.0948 e. The Kier molecular flexibility index (Phi) is 6.79. The van der Waals surface area contributed by atoms with Crippen molar-refractivity contribution in [3.8, 4) is 0 Å². The van der Waals surface area contributed by atoms with Gasteiger partial charge in [0.25, 0.3) is 0 Å². The second kappa shape index (κ2) is 8.64. The fraction of sp³-hybridized carbons (Fsp3) is 0.800. The number of thioether (sulfide) groups is 1. The Balaban J connectivity index is 1.73. The molecule has 0 amide bonds. The number of aromatic nitrogens is 2. The maximum atomic E-state index is 4.36. The van der Waals surface area contributed by atoms with Gasteiger partial charge in [0.1, 0.15) is 0 Å². The van der Waals surface area contributed by atoms with Crippen molar-refractivity contribution in [2.24, 2.45) is 0 Å². The van der Waals surface area contributed by atoms with Crippen molar-refractivity contribution in [1.82, 2.24) is 14.9 Å². The number of unbranched alkanes of at least 4 members (excludes halogenated alkanes) is 3. The van der Waals surface area contributed by atoms with Crippen LogP contribution in [0.4, 0.5) is 0 Å². The molecule has 0 unspecified atom stereocenters. The molecule has 0 saturated carbocycles. The Hall–Kier alpha value is -0.480. The molecule has 108 valence electrons. The predicted molar refractivity (Wildman–Crippen MR) is 83.9 cm³/mol. The summed E-state index contributed by atoms with van der Waals surface area (Å²) in [6, 6.07) is 0. The zero-order chi connectivity index (χ0) is 13.3. The summed E-state index contributed by atoms with van der Waals surface area (Å²) in [5.74, 6) is 2.03. The Bertz CT molecular complexity index is 345. The van der Waals surface area contributed by atoms with Gasteiger partial charge in [0.15, 0.2) is 0 Å². The lowest BCUT2D eigenvalue weighted by Gasteiger charge is -2.23. The fourth-order valence-corrected chi connectivity index (χ4v) is 3.35. The van der Waals surface area contributed by atoms with Crippen LogP contribution >= 0.6 is 11.8 Å². The molecule has 2 heterocycles. The van der Waals surface area contributed by atoms with E-state index in [4.69, 9.17) is 0 Å². The SMILES string of the molecule is CSCCCCCCn1cncc1C1CCNCC1. The Labute approximate surface area is 121 Å². The topological polar surface area (TPSA) is 29.9 Å². The lowest BCUT2D eigenvalue weighted by atomic mass is 9.95. The van der Waals surface area contributed by atoms with E-state index in [1.807, 2.05) is 18.1 Å². The number of hydrogen-bond donors (Lipinski definition) is 1. The first-order chi connectivity index (χ1) is 9.42. The third kappa shape index (κ3) is 4.84. The summed E-state index contributed by atoms with van der Waals surface area (Å²) in [5, 5.41) is 3.44. The number of rotatable bonds is 8. The van der Waals surface area contributed by atoms with Gasteiger partial charge in [-0.05, 0) is 50.8 Å². The minimum atomic E-state index is 0.722. The number of piperidine rings is 1. The van der Waals surface area contributed by atoms with Gasteiger partial charge in [-0.1, -0.05) is 12.8 Å². The van der Waals surface area contributed by atoms with Crippen LogP contribution in [0.25, 0.3) is 0 Å². The van der Waals surface area contributed by atoms with Crippen molar-refractivity contribution in [3.05, 3.63) is 18.2 Å². The number of nitrogens with zero attached hydrogens (tertiary/aromatic N) is 2. The van der Waals surface area contributed by atoms with Crippen LogP contribution in [-0.2, 0) is 6.54 Å². The first-order valence-corrected chi connectivity index (χ1v) is 9.01. The van der Waals surface area contributed by atoms with Crippen LogP contribution in [0.2, 0.25) is 0 Å². The predicted octanol–water partition coefficient (Wildman–Crippen LogP) is 3.27. The fourth-order valence-electron chi connectivity index (χ4n) is 2.86. The highest BCUT2D eigenvalue weighted by molar-refractivity contribution is 7.98. The van der Waals surface area contributed by atoms with E-state index in [0.29, 0.717) is 0 Å². The molecule has 1 aliphatic heterocycles. The lowest BCUT2D eigenvalue weighted by molar-refractivity contribution is 0.434. The molecule has 3 nitrogen and oxygen atoms in total. The quantitative estimate of drug-likeness (QED) is 0.742. The van der Waals surface area contributed by atoms with Crippen LogP contribution in [-0.4, -0.2) is 34.6 Å². The van der Waals surface area contributed by atoms with E-state index < -0.39 is 0 Å². The van der Waals surface area contributed by atoms with Crippen molar-refractivity contribution in [2.45, 2.75) is 51.0 Å². The smallest absolute Gasteiger partial charge is 0.0948 e. The highest BCUT2D eigenvalue weighted by Crippen LogP contribution is 2.25. The van der Waals surface area contributed by atoms with E-state index in [0.717, 1.165) is 25.6 Å². The summed E-state index contributed by atoms with van der Waals surface area (Å²) in [7, 11) is 0. The van der Waals surface area contributed by atoms with Crippen molar-refractivity contribution in [3.63, 3.8) is 0 Å². The lowest BCUT2D eigenvalue weighted by Crippen LogP contribution is -2.27. The molecule has 19 heavy (non-hydrogen) atoms. The van der Waals surface area contributed by atoms with Crippen molar-refractivity contribution in [2.75, 3.05) is 25.1 Å². The third-order valence-electron chi connectivity index (χ3n) is 4.00. The van der Waals surface area contributed by atoms with Gasteiger partial charge < -0.3 is 9.88 Å². The average Bonchev–Trinajstić information content (AvgIpc) is 2.92. The summed E-state index contributed by atoms with van der Waals surface area (Å²) in [6.07, 6.45) is 14.2. The zero-order valence-electron chi connectivity index (χ0n) is 12.1. The van der Waals surface area contributed by atoms with Gasteiger partial charge in [-0.3, -0.25) is 0 Å². The molecule has 2 rings (SSSR count). The molecule has 1 aliphatic rings. The molecule has 0 aromatic carbocycles. The molecular formula is C15H27N3S. The molecule has 0 aliphatic carbocycles. The van der Waals surface area contributed by atoms with Gasteiger partial charge in [0, 0.05) is 24.4 Å². The van der Waals surface area contributed by atoms with Gasteiger partial charge in [0.2, 0.25) is 0 Å². The van der Waals surface area contributed by atoms with Crippen LogP contribution in [0.3, 0.4) is 0 Å². The van der Waals surface area contributed by atoms with E-state index in [1.54, 1.807) is 0 Å². The van der Waals surface area contributed by atoms with Gasteiger partial charge in [-0.15, -0.1) is 0 Å². The number of nitrogens with one attached hydrogen (secondary N) is 1. The Morgan fingerprint density at radius 3 is 2.84 bits per heavy atom. The maximum absolute atomic E-state index is 4.36. The average molecular weight is 281 g/mol. The van der Waals surface area contributed by atoms with E-state index in [9.17, 15) is 0 Å². The molecular weight excluding hydrogens is 254 g/mol. The van der Waals surface area contributed by atoms with Gasteiger partial charge >= 0.3 is 0 Å². The largest absolute Gasteiger partial charge is 0.334 e. The number of aryl methyl sites for hydroxylation is 1. The van der Waals surface area contributed by atoms with E-state index in [2.05, 4.69) is 27.3 Å². The van der Waals surface area contributed by atoms with E-state index >= 15 is 0 Å². The molecule has 4 heteroatoms. The Morgan fingerprint density at radius 1 is 1.26 bits per heavy atom. The van der Waals surface area contributed by atoms with Crippen LogP contribution in [0, 0.1) is 0 Å². The third-order valence-corrected chi connectivity index (χ3v) is 4.70. The van der Waals surface area contributed by atoms with Gasteiger partial charge in [-0.2, -0.15) is 11.8 Å². The highest BCUT2D eigenvalue weighted by Gasteiger charge is 2.18. The zero-order valence-corrected chi connectivity index (χ0v) is 12.9. The minimum absolute atomic E-state index is 0.722. The molecule has 0 atom stereocenters. The molecule has 1 aromatic rings. The first-order valence-electron chi connectivity index (χ1n) is 7.61. The second-order valence-electron chi connectivity index (χ2n) is 5.44. The summed E-state index contributed by atoms with van der Waals surface area (Å²) < 4.78 is 2.39. The van der Waals surface area contributed by atoms with Crippen LogP contribution in [0.15, 0.2) is 12.5 Å². The summed E-state index contributed by atoms with van der Waals surface area (Å²) in [5.41, 5.74) is 1.46. The van der Waals surface area contributed by atoms with Gasteiger partial charge in [-0.25, -0.2) is 4.98 Å². The minimum Gasteiger partial charge on any atom is -0.334 e. The Morgan fingerprint density at radius 2 is 2.05 bits per heavy atom. The second-order valence-corrected chi connectivity index (χ2v) is 6.43. The molecule has 1 saturated heterocycles.